The monoisotopic (exact) mass is 265 g/mol. The second-order valence-corrected chi connectivity index (χ2v) is 6.15. The van der Waals surface area contributed by atoms with Crippen molar-refractivity contribution in [2.24, 2.45) is 5.92 Å². The molecule has 0 amide bonds. The smallest absolute Gasteiger partial charge is 0.123 e. The Morgan fingerprint density at radius 1 is 1.33 bits per heavy atom. The van der Waals surface area contributed by atoms with Crippen molar-refractivity contribution in [3.8, 4) is 5.75 Å². The van der Waals surface area contributed by atoms with Crippen molar-refractivity contribution in [2.45, 2.75) is 25.8 Å². The van der Waals surface area contributed by atoms with Crippen LogP contribution < -0.4 is 10.1 Å². The largest absolute Gasteiger partial charge is 0.496 e. The lowest BCUT2D eigenvalue weighted by atomic mass is 10.0. The van der Waals surface area contributed by atoms with E-state index in [1.165, 1.54) is 29.9 Å². The Labute approximate surface area is 114 Å². The molecule has 1 aromatic rings. The fourth-order valence-electron chi connectivity index (χ4n) is 2.43. The van der Waals surface area contributed by atoms with E-state index in [0.29, 0.717) is 6.04 Å². The number of methoxy groups -OCH3 is 1. The first kappa shape index (κ1) is 13.8. The van der Waals surface area contributed by atoms with Crippen LogP contribution in [0.3, 0.4) is 0 Å². The highest BCUT2D eigenvalue weighted by atomic mass is 32.2. The molecule has 1 unspecified atom stereocenters. The van der Waals surface area contributed by atoms with Crippen molar-refractivity contribution in [1.29, 1.82) is 0 Å². The Morgan fingerprint density at radius 2 is 2.06 bits per heavy atom. The van der Waals surface area contributed by atoms with E-state index >= 15 is 0 Å². The van der Waals surface area contributed by atoms with Crippen LogP contribution >= 0.6 is 11.8 Å². The van der Waals surface area contributed by atoms with Gasteiger partial charge in [0.1, 0.15) is 5.75 Å². The standard InChI is InChI=1S/C15H23NOS/c1-12(14-5-3-4-6-15(14)17-2)16-11-13-7-9-18-10-8-13/h3-6,12-13,16H,7-11H2,1-2H3. The van der Waals surface area contributed by atoms with E-state index in [2.05, 4.69) is 36.1 Å². The molecule has 1 aliphatic rings. The molecule has 1 saturated heterocycles. The van der Waals surface area contributed by atoms with Crippen molar-refractivity contribution in [3.05, 3.63) is 29.8 Å². The molecule has 2 rings (SSSR count). The van der Waals surface area contributed by atoms with E-state index < -0.39 is 0 Å². The summed E-state index contributed by atoms with van der Waals surface area (Å²) < 4.78 is 5.41. The summed E-state index contributed by atoms with van der Waals surface area (Å²) in [7, 11) is 1.74. The lowest BCUT2D eigenvalue weighted by Gasteiger charge is -2.24. The second-order valence-electron chi connectivity index (χ2n) is 4.93. The van der Waals surface area contributed by atoms with Gasteiger partial charge in [0.05, 0.1) is 7.11 Å². The number of rotatable bonds is 5. The van der Waals surface area contributed by atoms with Crippen LogP contribution in [0, 0.1) is 5.92 Å². The predicted molar refractivity (Wildman–Crippen MR) is 79.5 cm³/mol. The zero-order valence-corrected chi connectivity index (χ0v) is 12.1. The van der Waals surface area contributed by atoms with Crippen LogP contribution in [0.2, 0.25) is 0 Å². The third kappa shape index (κ3) is 3.66. The molecular weight excluding hydrogens is 242 g/mol. The average Bonchev–Trinajstić information content (AvgIpc) is 2.45. The molecule has 0 aliphatic carbocycles. The summed E-state index contributed by atoms with van der Waals surface area (Å²) in [6, 6.07) is 8.63. The van der Waals surface area contributed by atoms with Crippen molar-refractivity contribution in [3.63, 3.8) is 0 Å². The van der Waals surface area contributed by atoms with Crippen LogP contribution in [-0.4, -0.2) is 25.2 Å². The predicted octanol–water partition coefficient (Wildman–Crippen LogP) is 3.49. The lowest BCUT2D eigenvalue weighted by molar-refractivity contribution is 0.389. The zero-order valence-electron chi connectivity index (χ0n) is 11.3. The van der Waals surface area contributed by atoms with Crippen molar-refractivity contribution in [2.75, 3.05) is 25.2 Å². The number of ether oxygens (including phenoxy) is 1. The number of para-hydroxylation sites is 1. The van der Waals surface area contributed by atoms with Crippen LogP contribution in [0.25, 0.3) is 0 Å². The van der Waals surface area contributed by atoms with E-state index in [1.807, 2.05) is 12.1 Å². The maximum absolute atomic E-state index is 5.41. The first-order valence-electron chi connectivity index (χ1n) is 6.75. The van der Waals surface area contributed by atoms with Crippen molar-refractivity contribution in [1.82, 2.24) is 5.32 Å². The molecule has 1 aromatic carbocycles. The average molecular weight is 265 g/mol. The van der Waals surface area contributed by atoms with Gasteiger partial charge in [-0.2, -0.15) is 11.8 Å². The number of hydrogen-bond donors (Lipinski definition) is 1. The molecule has 1 aliphatic heterocycles. The van der Waals surface area contributed by atoms with E-state index in [0.717, 1.165) is 18.2 Å². The SMILES string of the molecule is COc1ccccc1C(C)NCC1CCSCC1. The topological polar surface area (TPSA) is 21.3 Å². The molecule has 1 heterocycles. The Bertz CT molecular complexity index is 363. The molecule has 1 fully saturated rings. The van der Waals surface area contributed by atoms with Crippen molar-refractivity contribution >= 4 is 11.8 Å². The highest BCUT2D eigenvalue weighted by Gasteiger charge is 2.16. The van der Waals surface area contributed by atoms with Crippen LogP contribution in [0.15, 0.2) is 24.3 Å². The first-order chi connectivity index (χ1) is 8.81. The number of thioether (sulfide) groups is 1. The maximum atomic E-state index is 5.41. The minimum atomic E-state index is 0.357. The van der Waals surface area contributed by atoms with Crippen LogP contribution in [0.1, 0.15) is 31.4 Å². The Morgan fingerprint density at radius 3 is 2.78 bits per heavy atom. The Kier molecular flexibility index (Phi) is 5.39. The molecule has 1 N–H and O–H groups in total. The maximum Gasteiger partial charge on any atom is 0.123 e. The van der Waals surface area contributed by atoms with E-state index in [9.17, 15) is 0 Å². The zero-order chi connectivity index (χ0) is 12.8. The third-order valence-electron chi connectivity index (χ3n) is 3.66. The quantitative estimate of drug-likeness (QED) is 0.880. The lowest BCUT2D eigenvalue weighted by Crippen LogP contribution is -2.28. The fraction of sp³-hybridized carbons (Fsp3) is 0.600. The molecule has 3 heteroatoms. The van der Waals surface area contributed by atoms with E-state index in [4.69, 9.17) is 4.74 Å². The molecule has 100 valence electrons. The Balaban J connectivity index is 1.88. The fourth-order valence-corrected chi connectivity index (χ4v) is 3.63. The van der Waals surface area contributed by atoms with Gasteiger partial charge >= 0.3 is 0 Å². The first-order valence-corrected chi connectivity index (χ1v) is 7.90. The molecule has 0 spiro atoms. The van der Waals surface area contributed by atoms with Gasteiger partial charge in [0.15, 0.2) is 0 Å². The summed E-state index contributed by atoms with van der Waals surface area (Å²) in [4.78, 5) is 0. The van der Waals surface area contributed by atoms with Gasteiger partial charge < -0.3 is 10.1 Å². The molecule has 18 heavy (non-hydrogen) atoms. The summed E-state index contributed by atoms with van der Waals surface area (Å²) in [5, 5.41) is 3.65. The molecule has 2 nitrogen and oxygen atoms in total. The summed E-state index contributed by atoms with van der Waals surface area (Å²) in [6.07, 6.45) is 2.71. The van der Waals surface area contributed by atoms with E-state index in [1.54, 1.807) is 7.11 Å². The van der Waals surface area contributed by atoms with Crippen LogP contribution in [0.4, 0.5) is 0 Å². The Hall–Kier alpha value is -0.670. The second kappa shape index (κ2) is 7.05. The van der Waals surface area contributed by atoms with Gasteiger partial charge in [-0.25, -0.2) is 0 Å². The molecule has 0 saturated carbocycles. The number of benzene rings is 1. The van der Waals surface area contributed by atoms with Gasteiger partial charge in [-0.15, -0.1) is 0 Å². The minimum absolute atomic E-state index is 0.357. The number of hydrogen-bond acceptors (Lipinski definition) is 3. The van der Waals surface area contributed by atoms with Gasteiger partial charge in [-0.05, 0) is 49.8 Å². The highest BCUT2D eigenvalue weighted by molar-refractivity contribution is 7.99. The van der Waals surface area contributed by atoms with Gasteiger partial charge in [0.2, 0.25) is 0 Å². The van der Waals surface area contributed by atoms with Crippen LogP contribution in [0.5, 0.6) is 5.75 Å². The van der Waals surface area contributed by atoms with Gasteiger partial charge in [0, 0.05) is 11.6 Å². The summed E-state index contributed by atoms with van der Waals surface area (Å²) in [6.45, 7) is 3.34. The van der Waals surface area contributed by atoms with Gasteiger partial charge in [-0.1, -0.05) is 18.2 Å². The highest BCUT2D eigenvalue weighted by Crippen LogP contribution is 2.26. The minimum Gasteiger partial charge on any atom is -0.496 e. The number of nitrogens with one attached hydrogen (secondary N) is 1. The van der Waals surface area contributed by atoms with Gasteiger partial charge in [-0.3, -0.25) is 0 Å². The normalized spacial score (nSPS) is 18.6. The molecule has 1 atom stereocenters. The third-order valence-corrected chi connectivity index (χ3v) is 4.71. The molecule has 0 radical (unpaired) electrons. The summed E-state index contributed by atoms with van der Waals surface area (Å²) >= 11 is 2.09. The van der Waals surface area contributed by atoms with Crippen molar-refractivity contribution < 1.29 is 4.74 Å². The molecular formula is C15H23NOS. The van der Waals surface area contributed by atoms with E-state index in [-0.39, 0.29) is 0 Å². The molecule has 0 aromatic heterocycles. The summed E-state index contributed by atoms with van der Waals surface area (Å²) in [5.41, 5.74) is 1.25. The summed E-state index contributed by atoms with van der Waals surface area (Å²) in [5.74, 6) is 4.49. The van der Waals surface area contributed by atoms with Gasteiger partial charge in [0.25, 0.3) is 0 Å². The molecule has 0 bridgehead atoms. The van der Waals surface area contributed by atoms with Crippen LogP contribution in [-0.2, 0) is 0 Å².